The number of quaternary nitrogens is 2. The summed E-state index contributed by atoms with van der Waals surface area (Å²) >= 11 is 0. The van der Waals surface area contributed by atoms with Crippen LogP contribution in [0.25, 0.3) is 0 Å². The highest BCUT2D eigenvalue weighted by Crippen LogP contribution is 2.18. The maximum Gasteiger partial charge on any atom is 0.0786 e. The van der Waals surface area contributed by atoms with Gasteiger partial charge in [0.25, 0.3) is 0 Å². The van der Waals surface area contributed by atoms with Crippen molar-refractivity contribution in [2.75, 3.05) is 53.4 Å². The van der Waals surface area contributed by atoms with Gasteiger partial charge in [-0.25, -0.2) is 0 Å². The number of hydrogen-bond donors (Lipinski definition) is 0. The van der Waals surface area contributed by atoms with Gasteiger partial charge in [0.05, 0.1) is 53.4 Å². The van der Waals surface area contributed by atoms with E-state index in [1.807, 2.05) is 0 Å². The molecular weight excluding hydrogens is 484 g/mol. The molecule has 0 spiro atoms. The molecule has 0 aliphatic rings. The Kier molecular flexibility index (Phi) is 29.0. The van der Waals surface area contributed by atoms with Crippen molar-refractivity contribution in [3.8, 4) is 0 Å². The molecule has 0 bridgehead atoms. The van der Waals surface area contributed by atoms with E-state index < -0.39 is 0 Å². The van der Waals surface area contributed by atoms with E-state index in [1.165, 1.54) is 215 Å². The number of nitrogens with zero attached hydrogens (tertiary/aromatic N) is 2. The summed E-state index contributed by atoms with van der Waals surface area (Å²) in [7, 11) is 5.22. The van der Waals surface area contributed by atoms with Crippen molar-refractivity contribution in [1.82, 2.24) is 0 Å². The van der Waals surface area contributed by atoms with Crippen molar-refractivity contribution in [2.24, 2.45) is 0 Å². The van der Waals surface area contributed by atoms with Gasteiger partial charge < -0.3 is 8.97 Å². The maximum absolute atomic E-state index is 2.61. The number of unbranched alkanes of at least 4 members (excludes halogenated alkanes) is 21. The van der Waals surface area contributed by atoms with Crippen LogP contribution in [0, 0.1) is 0 Å². The van der Waals surface area contributed by atoms with Crippen molar-refractivity contribution in [1.29, 1.82) is 0 Å². The monoisotopic (exact) mass is 567 g/mol. The zero-order chi connectivity index (χ0) is 29.6. The lowest BCUT2D eigenvalue weighted by atomic mass is 10.1. The fourth-order valence-electron chi connectivity index (χ4n) is 6.75. The minimum absolute atomic E-state index is 1.35. The van der Waals surface area contributed by atoms with Crippen molar-refractivity contribution >= 4 is 0 Å². The molecule has 242 valence electrons. The van der Waals surface area contributed by atoms with Gasteiger partial charge in [-0.15, -0.1) is 0 Å². The second kappa shape index (κ2) is 29.0. The van der Waals surface area contributed by atoms with Crippen LogP contribution in [0.1, 0.15) is 195 Å². The van der Waals surface area contributed by atoms with Crippen LogP contribution in [0.3, 0.4) is 0 Å². The van der Waals surface area contributed by atoms with E-state index in [9.17, 15) is 0 Å². The van der Waals surface area contributed by atoms with E-state index >= 15 is 0 Å². The van der Waals surface area contributed by atoms with E-state index in [-0.39, 0.29) is 0 Å². The predicted octanol–water partition coefficient (Wildman–Crippen LogP) is 12.1. The Balaban J connectivity index is 4.72. The summed E-state index contributed by atoms with van der Waals surface area (Å²) in [5, 5.41) is 0. The molecule has 0 aliphatic heterocycles. The van der Waals surface area contributed by atoms with E-state index in [2.05, 4.69) is 41.8 Å². The van der Waals surface area contributed by atoms with E-state index in [4.69, 9.17) is 0 Å². The molecule has 2 heteroatoms. The third kappa shape index (κ3) is 25.6. The van der Waals surface area contributed by atoms with Crippen LogP contribution in [-0.4, -0.2) is 62.3 Å². The van der Waals surface area contributed by atoms with Crippen LogP contribution in [0.15, 0.2) is 0 Å². The van der Waals surface area contributed by atoms with Crippen molar-refractivity contribution in [2.45, 2.75) is 195 Å². The first kappa shape index (κ1) is 39.9. The Labute approximate surface area is 256 Å². The molecule has 0 saturated heterocycles. The van der Waals surface area contributed by atoms with Crippen LogP contribution in [-0.2, 0) is 0 Å². The number of hydrogen-bond acceptors (Lipinski definition) is 0. The molecule has 0 heterocycles. The Morgan fingerprint density at radius 1 is 0.225 bits per heavy atom. The SMILES string of the molecule is CCCCCCCC[N+](C)(CCCCCCCC)CCCC[N+](C)(CCCCCCCC)CCCCCCCC. The predicted molar refractivity (Wildman–Crippen MR) is 184 cm³/mol. The molecule has 0 aliphatic carbocycles. The molecule has 0 atom stereocenters. The molecule has 0 radical (unpaired) electrons. The van der Waals surface area contributed by atoms with Gasteiger partial charge in [0, 0.05) is 12.8 Å². The summed E-state index contributed by atoms with van der Waals surface area (Å²) in [4.78, 5) is 0. The summed E-state index contributed by atoms with van der Waals surface area (Å²) in [6, 6.07) is 0. The van der Waals surface area contributed by atoms with E-state index in [1.54, 1.807) is 0 Å². The molecule has 0 unspecified atom stereocenters. The largest absolute Gasteiger partial charge is 0.326 e. The van der Waals surface area contributed by atoms with Gasteiger partial charge in [-0.2, -0.15) is 0 Å². The van der Waals surface area contributed by atoms with Gasteiger partial charge in [0.2, 0.25) is 0 Å². The number of rotatable bonds is 33. The fourth-order valence-corrected chi connectivity index (χ4v) is 6.75. The third-order valence-corrected chi connectivity index (χ3v) is 9.85. The first-order chi connectivity index (χ1) is 19.4. The lowest BCUT2D eigenvalue weighted by Gasteiger charge is -2.37. The van der Waals surface area contributed by atoms with Gasteiger partial charge in [-0.05, 0) is 51.4 Å². The van der Waals surface area contributed by atoms with Crippen LogP contribution >= 0.6 is 0 Å². The molecule has 40 heavy (non-hydrogen) atoms. The van der Waals surface area contributed by atoms with Gasteiger partial charge in [-0.1, -0.05) is 130 Å². The average Bonchev–Trinajstić information content (AvgIpc) is 2.95. The van der Waals surface area contributed by atoms with Crippen molar-refractivity contribution in [3.63, 3.8) is 0 Å². The van der Waals surface area contributed by atoms with Crippen LogP contribution in [0.4, 0.5) is 0 Å². The summed E-state index contributed by atoms with van der Waals surface area (Å²) < 4.78 is 2.69. The highest BCUT2D eigenvalue weighted by molar-refractivity contribution is 4.53. The van der Waals surface area contributed by atoms with Gasteiger partial charge >= 0.3 is 0 Å². The summed E-state index contributed by atoms with van der Waals surface area (Å²) in [5.74, 6) is 0. The van der Waals surface area contributed by atoms with Crippen molar-refractivity contribution in [3.05, 3.63) is 0 Å². The summed E-state index contributed by atoms with van der Waals surface area (Å²) in [6.07, 6.45) is 37.2. The van der Waals surface area contributed by atoms with E-state index in [0.29, 0.717) is 0 Å². The highest BCUT2D eigenvalue weighted by atomic mass is 15.3. The van der Waals surface area contributed by atoms with Gasteiger partial charge in [-0.3, -0.25) is 0 Å². The van der Waals surface area contributed by atoms with Gasteiger partial charge in [0.15, 0.2) is 0 Å². The molecule has 0 fully saturated rings. The molecule has 0 rings (SSSR count). The lowest BCUT2D eigenvalue weighted by molar-refractivity contribution is -0.916. The van der Waals surface area contributed by atoms with E-state index in [0.717, 1.165) is 0 Å². The summed E-state index contributed by atoms with van der Waals surface area (Å²) in [6.45, 7) is 17.8. The maximum atomic E-state index is 2.61. The zero-order valence-electron chi connectivity index (χ0n) is 29.5. The third-order valence-electron chi connectivity index (χ3n) is 9.85. The normalized spacial score (nSPS) is 12.4. The molecule has 0 aromatic carbocycles. The molecule has 2 nitrogen and oxygen atoms in total. The molecule has 0 aromatic rings. The first-order valence-electron chi connectivity index (χ1n) is 19.1. The molecular formula is C38H82N2+2. The van der Waals surface area contributed by atoms with Crippen LogP contribution < -0.4 is 0 Å². The summed E-state index contributed by atoms with van der Waals surface area (Å²) in [5.41, 5.74) is 0. The Hall–Kier alpha value is -0.0800. The lowest BCUT2D eigenvalue weighted by Crippen LogP contribution is -2.48. The Morgan fingerprint density at radius 2 is 0.375 bits per heavy atom. The minimum Gasteiger partial charge on any atom is -0.326 e. The second-order valence-corrected chi connectivity index (χ2v) is 14.4. The molecule has 0 saturated carbocycles. The zero-order valence-corrected chi connectivity index (χ0v) is 29.5. The van der Waals surface area contributed by atoms with Crippen LogP contribution in [0.5, 0.6) is 0 Å². The topological polar surface area (TPSA) is 0 Å². The molecule has 0 aromatic heterocycles. The standard InChI is InChI=1S/C38H82N2/c1-7-11-15-19-23-27-33-39(5,34-28-24-20-16-12-8-2)37-31-32-38-40(6,35-29-25-21-17-13-9-3)36-30-26-22-18-14-10-4/h7-38H2,1-6H3/q+2. The van der Waals surface area contributed by atoms with Crippen molar-refractivity contribution < 1.29 is 8.97 Å². The smallest absolute Gasteiger partial charge is 0.0786 e. The van der Waals surface area contributed by atoms with Crippen LogP contribution in [0.2, 0.25) is 0 Å². The van der Waals surface area contributed by atoms with Gasteiger partial charge in [0.1, 0.15) is 0 Å². The Bertz CT molecular complexity index is 412. The average molecular weight is 567 g/mol. The quantitative estimate of drug-likeness (QED) is 0.0547. The first-order valence-corrected chi connectivity index (χ1v) is 19.1. The molecule has 0 N–H and O–H groups in total. The highest BCUT2D eigenvalue weighted by Gasteiger charge is 2.23. The molecule has 0 amide bonds. The fraction of sp³-hybridized carbons (Fsp3) is 1.00. The second-order valence-electron chi connectivity index (χ2n) is 14.4. The minimum atomic E-state index is 1.35. The Morgan fingerprint density at radius 3 is 0.575 bits per heavy atom.